The molecule has 2 amide bonds. The highest BCUT2D eigenvalue weighted by Crippen LogP contribution is 2.52. The number of ether oxygens (including phenoxy) is 2. The van der Waals surface area contributed by atoms with E-state index in [1.807, 2.05) is 5.32 Å². The maximum Gasteiger partial charge on any atom is 0.425 e. The van der Waals surface area contributed by atoms with Crippen molar-refractivity contribution in [3.05, 3.63) is 70.7 Å². The molecule has 0 saturated carbocycles. The van der Waals surface area contributed by atoms with Gasteiger partial charge in [0.1, 0.15) is 5.82 Å². The van der Waals surface area contributed by atoms with E-state index in [1.54, 1.807) is 13.8 Å². The van der Waals surface area contributed by atoms with Gasteiger partial charge < -0.3 is 19.7 Å². The van der Waals surface area contributed by atoms with Crippen LogP contribution in [-0.2, 0) is 16.1 Å². The second kappa shape index (κ2) is 9.45. The Hall–Kier alpha value is -3.89. The number of carbonyl (C=O) groups excluding carboxylic acids is 3. The molecule has 0 bridgehead atoms. The summed E-state index contributed by atoms with van der Waals surface area (Å²) in [6, 6.07) is 8.66. The highest BCUT2D eigenvalue weighted by Gasteiger charge is 2.71. The topological polar surface area (TPSA) is 84.9 Å². The fourth-order valence-electron chi connectivity index (χ4n) is 4.99. The van der Waals surface area contributed by atoms with Crippen molar-refractivity contribution in [1.29, 1.82) is 0 Å². The fraction of sp³-hybridized carbons (Fsp3) is 0.370. The van der Waals surface area contributed by atoms with Gasteiger partial charge in [-0.05, 0) is 47.7 Å². The quantitative estimate of drug-likeness (QED) is 0.550. The summed E-state index contributed by atoms with van der Waals surface area (Å²) in [5.74, 6) is -3.83. The lowest BCUT2D eigenvalue weighted by Gasteiger charge is -2.35. The predicted molar refractivity (Wildman–Crippen MR) is 128 cm³/mol. The van der Waals surface area contributed by atoms with E-state index in [-0.39, 0.29) is 42.1 Å². The second-order valence-electron chi connectivity index (χ2n) is 10.1. The molecule has 0 fully saturated rings. The molecule has 4 rings (SSSR count). The van der Waals surface area contributed by atoms with Crippen LogP contribution in [0.2, 0.25) is 0 Å². The van der Waals surface area contributed by atoms with Crippen LogP contribution in [-0.4, -0.2) is 48.4 Å². The lowest BCUT2D eigenvalue weighted by atomic mass is 9.72. The Bertz CT molecular complexity index is 1330. The lowest BCUT2D eigenvalue weighted by molar-refractivity contribution is -0.190. The number of amides is 2. The minimum absolute atomic E-state index is 0.00886. The van der Waals surface area contributed by atoms with Crippen LogP contribution in [0.1, 0.15) is 42.6 Å². The van der Waals surface area contributed by atoms with Crippen molar-refractivity contribution in [2.24, 2.45) is 5.41 Å². The normalized spacial score (nSPS) is 20.9. The average molecular weight is 535 g/mol. The molecule has 2 aromatic carbocycles. The average Bonchev–Trinajstić information content (AvgIpc) is 3.07. The van der Waals surface area contributed by atoms with Crippen molar-refractivity contribution < 1.29 is 41.4 Å². The highest BCUT2D eigenvalue weighted by atomic mass is 19.4. The molecule has 2 aliphatic rings. The number of methoxy groups -OCH3 is 2. The summed E-state index contributed by atoms with van der Waals surface area (Å²) in [7, 11) is 2.65. The molecule has 0 spiro atoms. The molecule has 1 atom stereocenters. The molecule has 11 heteroatoms. The third-order valence-corrected chi connectivity index (χ3v) is 6.75. The number of nitrogens with one attached hydrogen (secondary N) is 1. The van der Waals surface area contributed by atoms with E-state index < -0.39 is 46.1 Å². The minimum Gasteiger partial charge on any atom is -0.493 e. The molecule has 7 nitrogen and oxygen atoms in total. The number of benzene rings is 2. The number of alkyl halides is 3. The third kappa shape index (κ3) is 4.50. The smallest absolute Gasteiger partial charge is 0.425 e. The molecule has 38 heavy (non-hydrogen) atoms. The second-order valence-corrected chi connectivity index (χ2v) is 10.1. The van der Waals surface area contributed by atoms with Crippen molar-refractivity contribution >= 4 is 17.6 Å². The Morgan fingerprint density at radius 1 is 1.00 bits per heavy atom. The first kappa shape index (κ1) is 27.2. The van der Waals surface area contributed by atoms with Crippen LogP contribution >= 0.6 is 0 Å². The van der Waals surface area contributed by atoms with Gasteiger partial charge in [-0.25, -0.2) is 4.39 Å². The lowest BCUT2D eigenvalue weighted by Crippen LogP contribution is -2.66. The molecular formula is C27H26F4N2O5. The van der Waals surface area contributed by atoms with E-state index in [2.05, 4.69) is 0 Å². The molecule has 0 saturated heterocycles. The monoisotopic (exact) mass is 534 g/mol. The Balaban J connectivity index is 1.85. The van der Waals surface area contributed by atoms with Crippen LogP contribution in [0.15, 0.2) is 53.7 Å². The Morgan fingerprint density at radius 3 is 2.21 bits per heavy atom. The molecule has 1 N–H and O–H groups in total. The van der Waals surface area contributed by atoms with Crippen molar-refractivity contribution in [1.82, 2.24) is 10.2 Å². The van der Waals surface area contributed by atoms with Crippen LogP contribution in [0.3, 0.4) is 0 Å². The summed E-state index contributed by atoms with van der Waals surface area (Å²) < 4.78 is 68.6. The zero-order chi connectivity index (χ0) is 28.0. The number of ketones is 1. The fourth-order valence-corrected chi connectivity index (χ4v) is 4.99. The molecule has 1 aliphatic heterocycles. The van der Waals surface area contributed by atoms with Gasteiger partial charge in [-0.15, -0.1) is 0 Å². The minimum atomic E-state index is -5.36. The number of rotatable bonds is 6. The number of halogens is 4. The van der Waals surface area contributed by atoms with Crippen molar-refractivity contribution in [2.45, 2.75) is 44.9 Å². The van der Waals surface area contributed by atoms with E-state index >= 15 is 0 Å². The van der Waals surface area contributed by atoms with Gasteiger partial charge in [-0.2, -0.15) is 13.2 Å². The largest absolute Gasteiger partial charge is 0.493 e. The summed E-state index contributed by atoms with van der Waals surface area (Å²) in [6.45, 7) is 3.08. The van der Waals surface area contributed by atoms with Crippen molar-refractivity contribution in [3.63, 3.8) is 0 Å². The number of carbonyl (C=O) groups is 3. The van der Waals surface area contributed by atoms with Crippen LogP contribution in [0.5, 0.6) is 11.5 Å². The maximum atomic E-state index is 15.0. The van der Waals surface area contributed by atoms with Gasteiger partial charge in [0.05, 0.1) is 26.3 Å². The third-order valence-electron chi connectivity index (χ3n) is 6.75. The van der Waals surface area contributed by atoms with E-state index in [1.165, 1.54) is 44.6 Å². The SMILES string of the molecule is COc1ccc(C(=O)N[C@]2(C(F)(F)F)C(=O)N(Cc3ccc(F)cc3)C3=C2C(=O)CC(C)(C)C3)cc1OC. The van der Waals surface area contributed by atoms with Crippen molar-refractivity contribution in [2.75, 3.05) is 14.2 Å². The Kier molecular flexibility index (Phi) is 6.75. The van der Waals surface area contributed by atoms with Gasteiger partial charge in [0.15, 0.2) is 17.3 Å². The van der Waals surface area contributed by atoms with Crippen molar-refractivity contribution in [3.8, 4) is 11.5 Å². The van der Waals surface area contributed by atoms with E-state index in [9.17, 15) is 31.9 Å². The van der Waals surface area contributed by atoms with Gasteiger partial charge >= 0.3 is 6.18 Å². The summed E-state index contributed by atoms with van der Waals surface area (Å²) in [4.78, 5) is 41.1. The molecular weight excluding hydrogens is 508 g/mol. The van der Waals surface area contributed by atoms with E-state index in [0.717, 1.165) is 17.0 Å². The van der Waals surface area contributed by atoms with Crippen LogP contribution in [0.25, 0.3) is 0 Å². The van der Waals surface area contributed by atoms with Gasteiger partial charge in [0.2, 0.25) is 5.54 Å². The summed E-state index contributed by atoms with van der Waals surface area (Å²) >= 11 is 0. The zero-order valence-electron chi connectivity index (χ0n) is 21.2. The summed E-state index contributed by atoms with van der Waals surface area (Å²) in [6.07, 6.45) is -5.61. The molecule has 0 radical (unpaired) electrons. The van der Waals surface area contributed by atoms with E-state index in [4.69, 9.17) is 9.47 Å². The first-order valence-electron chi connectivity index (χ1n) is 11.7. The standard InChI is InChI=1S/C27H26F4N2O5/c1-25(2)12-18-22(19(34)13-25)26(27(29,30)31,24(36)33(18)14-15-5-8-17(28)9-6-15)32-23(35)16-7-10-20(37-3)21(11-16)38-4/h5-11H,12-14H2,1-4H3,(H,32,35)/t26-/m0/s1. The Labute approximate surface area is 216 Å². The first-order chi connectivity index (χ1) is 17.7. The Morgan fingerprint density at radius 2 is 1.63 bits per heavy atom. The highest BCUT2D eigenvalue weighted by molar-refractivity contribution is 6.14. The van der Waals surface area contributed by atoms with Gasteiger partial charge in [-0.3, -0.25) is 14.4 Å². The number of hydrogen-bond acceptors (Lipinski definition) is 5. The van der Waals surface area contributed by atoms with E-state index in [0.29, 0.717) is 5.56 Å². The molecule has 2 aromatic rings. The first-order valence-corrected chi connectivity index (χ1v) is 11.7. The van der Waals surface area contributed by atoms with Crippen LogP contribution in [0, 0.1) is 11.2 Å². The van der Waals surface area contributed by atoms with Gasteiger partial charge in [0.25, 0.3) is 11.8 Å². The number of hydrogen-bond donors (Lipinski definition) is 1. The molecule has 0 unspecified atom stereocenters. The van der Waals surface area contributed by atoms with Crippen LogP contribution in [0.4, 0.5) is 17.6 Å². The molecule has 0 aromatic heterocycles. The molecule has 202 valence electrons. The van der Waals surface area contributed by atoms with Gasteiger partial charge in [-0.1, -0.05) is 26.0 Å². The molecule has 1 aliphatic carbocycles. The number of allylic oxidation sites excluding steroid dienone is 1. The van der Waals surface area contributed by atoms with Crippen LogP contribution < -0.4 is 14.8 Å². The maximum absolute atomic E-state index is 15.0. The zero-order valence-corrected chi connectivity index (χ0v) is 21.2. The predicted octanol–water partition coefficient (Wildman–Crippen LogP) is 4.56. The number of nitrogens with zero attached hydrogens (tertiary/aromatic N) is 1. The van der Waals surface area contributed by atoms with Gasteiger partial charge in [0, 0.05) is 17.7 Å². The summed E-state index contributed by atoms with van der Waals surface area (Å²) in [5, 5.41) is 1.88. The summed E-state index contributed by atoms with van der Waals surface area (Å²) in [5.41, 5.74) is -5.10. The molecule has 1 heterocycles. The number of Topliss-reactive ketones (excluding diaryl/α,β-unsaturated/α-hetero) is 1.